The van der Waals surface area contributed by atoms with E-state index < -0.39 is 12.1 Å². The van der Waals surface area contributed by atoms with Crippen LogP contribution < -0.4 is 4.74 Å². The maximum absolute atomic E-state index is 11.3. The number of rotatable bonds is 14. The number of benzene rings is 1. The van der Waals surface area contributed by atoms with E-state index in [4.69, 9.17) is 4.74 Å². The van der Waals surface area contributed by atoms with E-state index in [9.17, 15) is 15.0 Å². The monoisotopic (exact) mass is 488 g/mol. The molecule has 34 heavy (non-hydrogen) atoms. The number of unbranched alkanes of at least 4 members (excludes halogenated alkanes) is 1. The number of aliphatic hydroxyl groups excluding tert-OH is 1. The molecule has 0 amide bonds. The highest BCUT2D eigenvalue weighted by Gasteiger charge is 2.30. The van der Waals surface area contributed by atoms with Gasteiger partial charge in [0, 0.05) is 36.8 Å². The third kappa shape index (κ3) is 7.85. The average Bonchev–Trinajstić information content (AvgIpc) is 2.85. The molecule has 6 nitrogen and oxygen atoms in total. The molecule has 0 aliphatic carbocycles. The van der Waals surface area contributed by atoms with E-state index in [0.717, 1.165) is 60.4 Å². The van der Waals surface area contributed by atoms with Gasteiger partial charge in [0.1, 0.15) is 5.75 Å². The lowest BCUT2D eigenvalue weighted by atomic mass is 9.79. The van der Waals surface area contributed by atoms with Crippen LogP contribution in [0.3, 0.4) is 0 Å². The van der Waals surface area contributed by atoms with Gasteiger partial charge in [-0.3, -0.25) is 9.78 Å². The summed E-state index contributed by atoms with van der Waals surface area (Å²) in [4.78, 5) is 18.2. The van der Waals surface area contributed by atoms with E-state index in [1.807, 2.05) is 36.0 Å². The van der Waals surface area contributed by atoms with Gasteiger partial charge in [0.25, 0.3) is 0 Å². The fourth-order valence-corrected chi connectivity index (χ4v) is 6.09. The first kappa shape index (κ1) is 26.8. The Bertz CT molecular complexity index is 909. The number of aliphatic hydroxyl groups is 1. The minimum absolute atomic E-state index is 0.220. The van der Waals surface area contributed by atoms with E-state index in [2.05, 4.69) is 16.8 Å². The first-order valence-corrected chi connectivity index (χ1v) is 13.8. The SMILES string of the molecule is CCCCSCCN1CC[C@@H](CCC(O)c2ccnc3ccc(OC)cc23)[C@@H](CCC(=O)O)C1. The van der Waals surface area contributed by atoms with Crippen LogP contribution in [-0.2, 0) is 4.79 Å². The van der Waals surface area contributed by atoms with Crippen LogP contribution in [0.15, 0.2) is 30.5 Å². The number of pyridine rings is 1. The molecule has 188 valence electrons. The number of aromatic nitrogens is 1. The van der Waals surface area contributed by atoms with Crippen molar-refractivity contribution in [3.8, 4) is 5.75 Å². The van der Waals surface area contributed by atoms with Crippen LogP contribution in [0.2, 0.25) is 0 Å². The number of piperidine rings is 1. The lowest BCUT2D eigenvalue weighted by Gasteiger charge is -2.39. The molecule has 1 aliphatic heterocycles. The van der Waals surface area contributed by atoms with E-state index in [1.54, 1.807) is 13.3 Å². The van der Waals surface area contributed by atoms with Crippen LogP contribution in [0, 0.1) is 11.8 Å². The average molecular weight is 489 g/mol. The minimum Gasteiger partial charge on any atom is -0.497 e. The van der Waals surface area contributed by atoms with Crippen molar-refractivity contribution in [2.75, 3.05) is 38.2 Å². The summed E-state index contributed by atoms with van der Waals surface area (Å²) in [5, 5.41) is 21.3. The van der Waals surface area contributed by atoms with Crippen LogP contribution in [0.25, 0.3) is 10.9 Å². The second kappa shape index (κ2) is 13.9. The molecule has 1 aromatic heterocycles. The summed E-state index contributed by atoms with van der Waals surface area (Å²) in [5.41, 5.74) is 1.73. The molecule has 1 aromatic carbocycles. The van der Waals surface area contributed by atoms with Crippen molar-refractivity contribution >= 4 is 28.6 Å². The van der Waals surface area contributed by atoms with Crippen LogP contribution in [-0.4, -0.2) is 64.3 Å². The number of hydrogen-bond acceptors (Lipinski definition) is 6. The number of nitrogens with zero attached hydrogens (tertiary/aromatic N) is 2. The predicted octanol–water partition coefficient (Wildman–Crippen LogP) is 5.39. The number of thioether (sulfide) groups is 1. The number of carboxylic acid groups (broad SMARTS) is 1. The first-order valence-electron chi connectivity index (χ1n) is 12.6. The summed E-state index contributed by atoms with van der Waals surface area (Å²) in [6.07, 6.45) is 7.26. The summed E-state index contributed by atoms with van der Waals surface area (Å²) in [5.74, 6) is 3.22. The van der Waals surface area contributed by atoms with Gasteiger partial charge in [-0.15, -0.1) is 0 Å². The Morgan fingerprint density at radius 3 is 2.88 bits per heavy atom. The molecule has 0 bridgehead atoms. The van der Waals surface area contributed by atoms with Crippen LogP contribution in [0.4, 0.5) is 0 Å². The number of hydrogen-bond donors (Lipinski definition) is 2. The highest BCUT2D eigenvalue weighted by Crippen LogP contribution is 2.35. The van der Waals surface area contributed by atoms with Crippen LogP contribution in [0.1, 0.15) is 63.5 Å². The molecule has 0 saturated carbocycles. The maximum Gasteiger partial charge on any atom is 0.303 e. The zero-order chi connectivity index (χ0) is 24.3. The predicted molar refractivity (Wildman–Crippen MR) is 140 cm³/mol. The highest BCUT2D eigenvalue weighted by atomic mass is 32.2. The summed E-state index contributed by atoms with van der Waals surface area (Å²) < 4.78 is 5.37. The fraction of sp³-hybridized carbons (Fsp3) is 0.630. The Morgan fingerprint density at radius 1 is 1.26 bits per heavy atom. The lowest BCUT2D eigenvalue weighted by molar-refractivity contribution is -0.137. The molecule has 1 fully saturated rings. The van der Waals surface area contributed by atoms with E-state index >= 15 is 0 Å². The molecular weight excluding hydrogens is 448 g/mol. The molecule has 1 unspecified atom stereocenters. The Kier molecular flexibility index (Phi) is 10.9. The third-order valence-corrected chi connectivity index (χ3v) is 8.10. The zero-order valence-corrected chi connectivity index (χ0v) is 21.4. The number of fused-ring (bicyclic) bond motifs is 1. The maximum atomic E-state index is 11.3. The van der Waals surface area contributed by atoms with Gasteiger partial charge in [0.05, 0.1) is 18.7 Å². The molecule has 1 saturated heterocycles. The molecule has 2 N–H and O–H groups in total. The fourth-order valence-electron chi connectivity index (χ4n) is 5.01. The second-order valence-electron chi connectivity index (χ2n) is 9.38. The molecule has 2 aromatic rings. The molecule has 0 radical (unpaired) electrons. The summed E-state index contributed by atoms with van der Waals surface area (Å²) in [6.45, 7) is 5.34. The number of aliphatic carboxylic acids is 1. The Hall–Kier alpha value is -1.83. The van der Waals surface area contributed by atoms with Crippen LogP contribution in [0.5, 0.6) is 5.75 Å². The summed E-state index contributed by atoms with van der Waals surface area (Å²) in [7, 11) is 1.64. The van der Waals surface area contributed by atoms with Gasteiger partial charge in [-0.25, -0.2) is 0 Å². The second-order valence-corrected chi connectivity index (χ2v) is 10.6. The quantitative estimate of drug-likeness (QED) is 0.345. The van der Waals surface area contributed by atoms with E-state index in [1.165, 1.54) is 18.6 Å². The Labute approximate surface area is 208 Å². The zero-order valence-electron chi connectivity index (χ0n) is 20.6. The Morgan fingerprint density at radius 2 is 2.12 bits per heavy atom. The Balaban J connectivity index is 1.59. The minimum atomic E-state index is -0.719. The van der Waals surface area contributed by atoms with Crippen molar-refractivity contribution in [2.45, 2.75) is 58.0 Å². The van der Waals surface area contributed by atoms with Gasteiger partial charge in [-0.2, -0.15) is 11.8 Å². The van der Waals surface area contributed by atoms with E-state index in [-0.39, 0.29) is 6.42 Å². The van der Waals surface area contributed by atoms with Gasteiger partial charge in [-0.05, 0) is 86.1 Å². The molecule has 7 heteroatoms. The number of methoxy groups -OCH3 is 1. The molecule has 1 aliphatic rings. The van der Waals surface area contributed by atoms with Gasteiger partial charge in [0.2, 0.25) is 0 Å². The molecule has 3 rings (SSSR count). The van der Waals surface area contributed by atoms with Crippen molar-refractivity contribution in [1.29, 1.82) is 0 Å². The standard InChI is InChI=1S/C27H40N2O4S/c1-3-4-16-34-17-15-29-14-12-20(21(19-29)6-10-27(31)32)5-9-26(30)23-11-13-28-25-8-7-22(33-2)18-24(23)25/h7-8,11,13,18,20-21,26,30H,3-6,9-10,12,14-17,19H2,1-2H3,(H,31,32)/t20-,21+,26?/m1/s1. The number of carboxylic acids is 1. The van der Waals surface area contributed by atoms with Crippen molar-refractivity contribution in [3.63, 3.8) is 0 Å². The van der Waals surface area contributed by atoms with Crippen molar-refractivity contribution in [1.82, 2.24) is 9.88 Å². The highest BCUT2D eigenvalue weighted by molar-refractivity contribution is 7.99. The molecule has 2 heterocycles. The largest absolute Gasteiger partial charge is 0.497 e. The van der Waals surface area contributed by atoms with Crippen molar-refractivity contribution in [3.05, 3.63) is 36.0 Å². The number of ether oxygens (including phenoxy) is 1. The number of likely N-dealkylation sites (tertiary alicyclic amines) is 1. The van der Waals surface area contributed by atoms with Crippen molar-refractivity contribution < 1.29 is 19.7 Å². The van der Waals surface area contributed by atoms with Gasteiger partial charge >= 0.3 is 5.97 Å². The normalized spacial score (nSPS) is 19.9. The smallest absolute Gasteiger partial charge is 0.303 e. The van der Waals surface area contributed by atoms with Crippen LogP contribution >= 0.6 is 11.8 Å². The molecular formula is C27H40N2O4S. The first-order chi connectivity index (χ1) is 16.5. The summed E-state index contributed by atoms with van der Waals surface area (Å²) in [6, 6.07) is 7.64. The van der Waals surface area contributed by atoms with Gasteiger partial charge < -0.3 is 19.8 Å². The summed E-state index contributed by atoms with van der Waals surface area (Å²) >= 11 is 2.02. The molecule has 3 atom stereocenters. The van der Waals surface area contributed by atoms with E-state index in [0.29, 0.717) is 24.7 Å². The number of carbonyl (C=O) groups is 1. The molecule has 0 spiro atoms. The third-order valence-electron chi connectivity index (χ3n) is 7.05. The topological polar surface area (TPSA) is 82.9 Å². The van der Waals surface area contributed by atoms with Gasteiger partial charge in [-0.1, -0.05) is 13.3 Å². The van der Waals surface area contributed by atoms with Crippen molar-refractivity contribution in [2.24, 2.45) is 11.8 Å². The lowest BCUT2D eigenvalue weighted by Crippen LogP contribution is -2.41. The van der Waals surface area contributed by atoms with Gasteiger partial charge in [0.15, 0.2) is 0 Å².